The summed E-state index contributed by atoms with van der Waals surface area (Å²) in [6, 6.07) is 10.1. The van der Waals surface area contributed by atoms with Crippen LogP contribution in [0, 0.1) is 11.3 Å². The first-order valence-corrected chi connectivity index (χ1v) is 5.81. The third kappa shape index (κ3) is 4.65. The number of hydrogen-bond acceptors (Lipinski definition) is 2. The lowest BCUT2D eigenvalue weighted by Crippen LogP contribution is -2.24. The zero-order valence-electron chi connectivity index (χ0n) is 8.45. The van der Waals surface area contributed by atoms with E-state index in [2.05, 4.69) is 28.1 Å². The van der Waals surface area contributed by atoms with E-state index in [0.717, 1.165) is 11.0 Å². The van der Waals surface area contributed by atoms with E-state index in [4.69, 9.17) is 16.9 Å². The molecule has 80 valence electrons. The molecule has 1 unspecified atom stereocenters. The predicted molar refractivity (Wildman–Crippen MR) is 65.7 cm³/mol. The molecule has 0 radical (unpaired) electrons. The van der Waals surface area contributed by atoms with Crippen LogP contribution in [0.4, 0.5) is 0 Å². The van der Waals surface area contributed by atoms with Gasteiger partial charge in [-0.1, -0.05) is 28.1 Å². The highest BCUT2D eigenvalue weighted by molar-refractivity contribution is 9.10. The molecule has 0 N–H and O–H groups in total. The van der Waals surface area contributed by atoms with Gasteiger partial charge in [0.15, 0.2) is 0 Å². The average Bonchev–Trinajstić information content (AvgIpc) is 2.21. The van der Waals surface area contributed by atoms with Crippen LogP contribution >= 0.6 is 27.5 Å². The summed E-state index contributed by atoms with van der Waals surface area (Å²) in [5.74, 6) is 0. The molecule has 1 rings (SSSR count). The summed E-state index contributed by atoms with van der Waals surface area (Å²) >= 11 is 9.13. The van der Waals surface area contributed by atoms with E-state index in [1.54, 1.807) is 0 Å². The van der Waals surface area contributed by atoms with E-state index in [1.807, 2.05) is 30.1 Å². The maximum absolute atomic E-state index is 8.57. The summed E-state index contributed by atoms with van der Waals surface area (Å²) in [5.41, 5.74) is 1.21. The first-order valence-electron chi connectivity index (χ1n) is 4.58. The van der Waals surface area contributed by atoms with Crippen molar-refractivity contribution in [1.29, 1.82) is 5.26 Å². The maximum Gasteiger partial charge on any atom is 0.133 e. The van der Waals surface area contributed by atoms with Crippen LogP contribution in [0.3, 0.4) is 0 Å². The Morgan fingerprint density at radius 1 is 1.47 bits per heavy atom. The Labute approximate surface area is 104 Å². The molecule has 4 heteroatoms. The van der Waals surface area contributed by atoms with Crippen molar-refractivity contribution in [2.24, 2.45) is 0 Å². The number of nitrogens with zero attached hydrogens (tertiary/aromatic N) is 2. The Hall–Kier alpha value is -0.560. The van der Waals surface area contributed by atoms with Gasteiger partial charge in [0.2, 0.25) is 0 Å². The second-order valence-electron chi connectivity index (χ2n) is 3.42. The van der Waals surface area contributed by atoms with Crippen molar-refractivity contribution in [1.82, 2.24) is 4.90 Å². The van der Waals surface area contributed by atoms with Crippen LogP contribution in [-0.2, 0) is 6.54 Å². The van der Waals surface area contributed by atoms with Crippen molar-refractivity contribution in [2.45, 2.75) is 11.9 Å². The van der Waals surface area contributed by atoms with Gasteiger partial charge in [0.05, 0.1) is 6.07 Å². The molecule has 0 aromatic heterocycles. The summed E-state index contributed by atoms with van der Waals surface area (Å²) in [6.07, 6.45) is 0. The Kier molecular flexibility index (Phi) is 5.10. The van der Waals surface area contributed by atoms with Crippen LogP contribution in [-0.4, -0.2) is 23.9 Å². The monoisotopic (exact) mass is 286 g/mol. The number of nitriles is 1. The molecule has 0 saturated heterocycles. The van der Waals surface area contributed by atoms with Crippen LogP contribution in [0.5, 0.6) is 0 Å². The topological polar surface area (TPSA) is 27.0 Å². The second kappa shape index (κ2) is 6.12. The van der Waals surface area contributed by atoms with Gasteiger partial charge < -0.3 is 0 Å². The van der Waals surface area contributed by atoms with E-state index in [-0.39, 0.29) is 0 Å². The van der Waals surface area contributed by atoms with Gasteiger partial charge in [-0.2, -0.15) is 5.26 Å². The highest BCUT2D eigenvalue weighted by atomic mass is 79.9. The normalized spacial score (nSPS) is 12.5. The minimum absolute atomic E-state index is 0.439. The molecule has 1 aromatic rings. The van der Waals surface area contributed by atoms with Crippen molar-refractivity contribution in [3.8, 4) is 6.07 Å². The highest BCUT2D eigenvalue weighted by Crippen LogP contribution is 2.12. The van der Waals surface area contributed by atoms with Crippen LogP contribution in [0.15, 0.2) is 28.7 Å². The fraction of sp³-hybridized carbons (Fsp3) is 0.364. The number of alkyl halides is 1. The summed E-state index contributed by atoms with van der Waals surface area (Å²) in [6.45, 7) is 1.38. The quantitative estimate of drug-likeness (QED) is 0.796. The van der Waals surface area contributed by atoms with Crippen molar-refractivity contribution < 1.29 is 0 Å². The van der Waals surface area contributed by atoms with Crippen molar-refractivity contribution >= 4 is 27.5 Å². The standard InChI is InChI=1S/C11H12BrClN2/c1-15(8-11(13)6-14)7-9-2-4-10(12)5-3-9/h2-5,11H,7-8H2,1H3. The van der Waals surface area contributed by atoms with E-state index in [1.165, 1.54) is 5.56 Å². The van der Waals surface area contributed by atoms with Gasteiger partial charge in [-0.05, 0) is 24.7 Å². The average molecular weight is 288 g/mol. The van der Waals surface area contributed by atoms with E-state index >= 15 is 0 Å². The molecule has 0 aliphatic carbocycles. The number of hydrogen-bond donors (Lipinski definition) is 0. The smallest absolute Gasteiger partial charge is 0.133 e. The lowest BCUT2D eigenvalue weighted by Gasteiger charge is -2.16. The zero-order chi connectivity index (χ0) is 11.3. The molecule has 0 aliphatic rings. The molecule has 0 saturated carbocycles. The molecule has 1 atom stereocenters. The lowest BCUT2D eigenvalue weighted by atomic mass is 10.2. The minimum Gasteiger partial charge on any atom is -0.300 e. The van der Waals surface area contributed by atoms with Gasteiger partial charge in [-0.25, -0.2) is 0 Å². The third-order valence-corrected chi connectivity index (χ3v) is 2.74. The zero-order valence-corrected chi connectivity index (χ0v) is 10.8. The second-order valence-corrected chi connectivity index (χ2v) is 4.86. The Bertz CT molecular complexity index is 345. The summed E-state index contributed by atoms with van der Waals surface area (Å²) in [4.78, 5) is 2.03. The molecule has 15 heavy (non-hydrogen) atoms. The Morgan fingerprint density at radius 2 is 2.07 bits per heavy atom. The van der Waals surface area contributed by atoms with E-state index < -0.39 is 5.38 Å². The van der Waals surface area contributed by atoms with Crippen LogP contribution < -0.4 is 0 Å². The molecule has 0 heterocycles. The summed E-state index contributed by atoms with van der Waals surface area (Å²) < 4.78 is 1.07. The molecule has 0 fully saturated rings. The number of benzene rings is 1. The van der Waals surface area contributed by atoms with E-state index in [9.17, 15) is 0 Å². The molecular weight excluding hydrogens is 275 g/mol. The number of halogens is 2. The first-order chi connectivity index (χ1) is 7.11. The fourth-order valence-corrected chi connectivity index (χ4v) is 1.78. The third-order valence-electron chi connectivity index (χ3n) is 1.98. The van der Waals surface area contributed by atoms with Gasteiger partial charge in [0.25, 0.3) is 0 Å². The largest absolute Gasteiger partial charge is 0.300 e. The van der Waals surface area contributed by atoms with Crippen molar-refractivity contribution in [3.05, 3.63) is 34.3 Å². The van der Waals surface area contributed by atoms with Gasteiger partial charge in [0, 0.05) is 17.6 Å². The molecule has 1 aromatic carbocycles. The van der Waals surface area contributed by atoms with Crippen LogP contribution in [0.25, 0.3) is 0 Å². The molecule has 0 spiro atoms. The van der Waals surface area contributed by atoms with Crippen molar-refractivity contribution in [3.63, 3.8) is 0 Å². The highest BCUT2D eigenvalue weighted by Gasteiger charge is 2.07. The minimum atomic E-state index is -0.439. The first kappa shape index (κ1) is 12.5. The molecule has 2 nitrogen and oxygen atoms in total. The predicted octanol–water partition coefficient (Wildman–Crippen LogP) is 3.01. The van der Waals surface area contributed by atoms with Gasteiger partial charge >= 0.3 is 0 Å². The lowest BCUT2D eigenvalue weighted by molar-refractivity contribution is 0.337. The molecule has 0 aliphatic heterocycles. The van der Waals surface area contributed by atoms with Gasteiger partial charge in [-0.3, -0.25) is 4.90 Å². The van der Waals surface area contributed by atoms with Gasteiger partial charge in [0.1, 0.15) is 5.38 Å². The van der Waals surface area contributed by atoms with Crippen molar-refractivity contribution in [2.75, 3.05) is 13.6 Å². The van der Waals surface area contributed by atoms with Gasteiger partial charge in [-0.15, -0.1) is 11.6 Å². The summed E-state index contributed by atoms with van der Waals surface area (Å²) in [5, 5.41) is 8.13. The SMILES string of the molecule is CN(Cc1ccc(Br)cc1)CC(Cl)C#N. The fourth-order valence-electron chi connectivity index (χ4n) is 1.28. The maximum atomic E-state index is 8.57. The van der Waals surface area contributed by atoms with E-state index in [0.29, 0.717) is 6.54 Å². The molecule has 0 bridgehead atoms. The molecule has 0 amide bonds. The number of rotatable bonds is 4. The van der Waals surface area contributed by atoms with Crippen LogP contribution in [0.2, 0.25) is 0 Å². The Balaban J connectivity index is 2.48. The Morgan fingerprint density at radius 3 is 2.60 bits per heavy atom. The summed E-state index contributed by atoms with van der Waals surface area (Å²) in [7, 11) is 1.95. The van der Waals surface area contributed by atoms with Crippen LogP contribution in [0.1, 0.15) is 5.56 Å². The molecular formula is C11H12BrClN2.